The van der Waals surface area contributed by atoms with Gasteiger partial charge in [0, 0.05) is 37.7 Å². The maximum atomic E-state index is 4.55. The molecule has 0 aromatic carbocycles. The van der Waals surface area contributed by atoms with E-state index in [1.807, 2.05) is 6.07 Å². The van der Waals surface area contributed by atoms with Crippen molar-refractivity contribution in [2.75, 3.05) is 30.8 Å². The van der Waals surface area contributed by atoms with E-state index in [1.165, 1.54) is 12.8 Å². The second-order valence-electron chi connectivity index (χ2n) is 5.57. The highest BCUT2D eigenvalue weighted by atomic mass is 15.2. The zero-order valence-electron chi connectivity index (χ0n) is 13.1. The smallest absolute Gasteiger partial charge is 0.132 e. The van der Waals surface area contributed by atoms with E-state index in [1.54, 1.807) is 0 Å². The lowest BCUT2D eigenvalue weighted by molar-refractivity contribution is 0.257. The molecule has 1 heterocycles. The minimum atomic E-state index is 0.519. The number of hydrogen-bond donors (Lipinski definition) is 2. The number of hydrogen-bond acceptors (Lipinski definition) is 5. The second-order valence-corrected chi connectivity index (χ2v) is 5.57. The molecule has 0 saturated heterocycles. The summed E-state index contributed by atoms with van der Waals surface area (Å²) in [6.07, 6.45) is 3.54. The van der Waals surface area contributed by atoms with Gasteiger partial charge in [-0.3, -0.25) is 4.90 Å². The van der Waals surface area contributed by atoms with Crippen molar-refractivity contribution >= 4 is 11.6 Å². The second kappa shape index (κ2) is 6.88. The SMILES string of the molecule is CCNc1cc(NCC(C)N(C)C2CC2)nc(CC)n1. The van der Waals surface area contributed by atoms with Crippen molar-refractivity contribution in [1.82, 2.24) is 14.9 Å². The highest BCUT2D eigenvalue weighted by Crippen LogP contribution is 2.26. The number of aromatic nitrogens is 2. The third kappa shape index (κ3) is 4.07. The molecular weight excluding hydrogens is 250 g/mol. The van der Waals surface area contributed by atoms with Crippen LogP contribution in [-0.2, 0) is 6.42 Å². The highest BCUT2D eigenvalue weighted by Gasteiger charge is 2.28. The fraction of sp³-hybridized carbons (Fsp3) is 0.733. The van der Waals surface area contributed by atoms with Crippen LogP contribution in [0.1, 0.15) is 39.4 Å². The molecule has 0 amide bonds. The lowest BCUT2D eigenvalue weighted by Crippen LogP contribution is -2.36. The van der Waals surface area contributed by atoms with Gasteiger partial charge < -0.3 is 10.6 Å². The predicted molar refractivity (Wildman–Crippen MR) is 84.3 cm³/mol. The summed E-state index contributed by atoms with van der Waals surface area (Å²) < 4.78 is 0. The van der Waals surface area contributed by atoms with Crippen LogP contribution >= 0.6 is 0 Å². The summed E-state index contributed by atoms with van der Waals surface area (Å²) in [5.74, 6) is 2.71. The van der Waals surface area contributed by atoms with Crippen LogP contribution in [0.3, 0.4) is 0 Å². The molecule has 1 fully saturated rings. The van der Waals surface area contributed by atoms with Crippen molar-refractivity contribution in [2.45, 2.75) is 52.1 Å². The van der Waals surface area contributed by atoms with E-state index in [9.17, 15) is 0 Å². The average Bonchev–Trinajstić information content (AvgIpc) is 3.28. The number of nitrogens with one attached hydrogen (secondary N) is 2. The summed E-state index contributed by atoms with van der Waals surface area (Å²) in [6, 6.07) is 3.30. The zero-order valence-corrected chi connectivity index (χ0v) is 13.1. The highest BCUT2D eigenvalue weighted by molar-refractivity contribution is 5.47. The fourth-order valence-corrected chi connectivity index (χ4v) is 2.26. The first-order valence-corrected chi connectivity index (χ1v) is 7.71. The Balaban J connectivity index is 1.95. The molecule has 1 atom stereocenters. The van der Waals surface area contributed by atoms with Gasteiger partial charge in [0.2, 0.25) is 0 Å². The van der Waals surface area contributed by atoms with E-state index in [-0.39, 0.29) is 0 Å². The Labute approximate surface area is 122 Å². The first-order chi connectivity index (χ1) is 9.63. The largest absolute Gasteiger partial charge is 0.370 e. The lowest BCUT2D eigenvalue weighted by Gasteiger charge is -2.25. The predicted octanol–water partition coefficient (Wildman–Crippen LogP) is 2.37. The van der Waals surface area contributed by atoms with Gasteiger partial charge >= 0.3 is 0 Å². The zero-order chi connectivity index (χ0) is 14.5. The number of rotatable bonds is 8. The first kappa shape index (κ1) is 15.0. The molecule has 1 aromatic rings. The molecule has 0 bridgehead atoms. The van der Waals surface area contributed by atoms with Gasteiger partial charge in [0.05, 0.1) is 0 Å². The number of nitrogens with zero attached hydrogens (tertiary/aromatic N) is 3. The van der Waals surface area contributed by atoms with Crippen LogP contribution in [-0.4, -0.2) is 47.1 Å². The van der Waals surface area contributed by atoms with Crippen molar-refractivity contribution in [3.05, 3.63) is 11.9 Å². The van der Waals surface area contributed by atoms with Crippen molar-refractivity contribution in [1.29, 1.82) is 0 Å². The molecule has 5 nitrogen and oxygen atoms in total. The van der Waals surface area contributed by atoms with E-state index >= 15 is 0 Å². The van der Waals surface area contributed by atoms with E-state index in [0.29, 0.717) is 6.04 Å². The Morgan fingerprint density at radius 3 is 2.45 bits per heavy atom. The molecule has 2 rings (SSSR count). The van der Waals surface area contributed by atoms with Crippen LogP contribution in [0.15, 0.2) is 6.07 Å². The molecule has 1 aromatic heterocycles. The van der Waals surface area contributed by atoms with Crippen molar-refractivity contribution in [3.63, 3.8) is 0 Å². The lowest BCUT2D eigenvalue weighted by atomic mass is 10.3. The van der Waals surface area contributed by atoms with E-state index in [2.05, 4.69) is 53.3 Å². The number of likely N-dealkylation sites (N-methyl/N-ethyl adjacent to an activating group) is 1. The Kier molecular flexibility index (Phi) is 5.17. The quantitative estimate of drug-likeness (QED) is 0.764. The van der Waals surface area contributed by atoms with Crippen LogP contribution in [0.25, 0.3) is 0 Å². The minimum Gasteiger partial charge on any atom is -0.370 e. The standard InChI is InChI=1S/C15H27N5/c1-5-13-18-14(16-6-2)9-15(19-13)17-10-11(3)20(4)12-7-8-12/h9,11-12H,5-8,10H2,1-4H3,(H2,16,17,18,19). The van der Waals surface area contributed by atoms with Crippen LogP contribution in [0.5, 0.6) is 0 Å². The fourth-order valence-electron chi connectivity index (χ4n) is 2.26. The molecular formula is C15H27N5. The molecule has 1 aliphatic rings. The summed E-state index contributed by atoms with van der Waals surface area (Å²) in [7, 11) is 2.21. The molecule has 1 aliphatic carbocycles. The Bertz CT molecular complexity index is 430. The molecule has 2 N–H and O–H groups in total. The summed E-state index contributed by atoms with van der Waals surface area (Å²) in [6.45, 7) is 8.21. The van der Waals surface area contributed by atoms with E-state index in [0.717, 1.165) is 43.0 Å². The van der Waals surface area contributed by atoms with Gasteiger partial charge in [0.1, 0.15) is 17.5 Å². The van der Waals surface area contributed by atoms with Gasteiger partial charge in [-0.15, -0.1) is 0 Å². The van der Waals surface area contributed by atoms with Crippen molar-refractivity contribution < 1.29 is 0 Å². The third-order valence-electron chi connectivity index (χ3n) is 3.84. The van der Waals surface area contributed by atoms with E-state index in [4.69, 9.17) is 0 Å². The molecule has 0 spiro atoms. The van der Waals surface area contributed by atoms with Crippen molar-refractivity contribution in [2.24, 2.45) is 0 Å². The number of aryl methyl sites for hydroxylation is 1. The van der Waals surface area contributed by atoms with Gasteiger partial charge in [0.15, 0.2) is 0 Å². The molecule has 1 unspecified atom stereocenters. The van der Waals surface area contributed by atoms with Gasteiger partial charge in [-0.2, -0.15) is 0 Å². The van der Waals surface area contributed by atoms with Crippen LogP contribution < -0.4 is 10.6 Å². The molecule has 0 radical (unpaired) electrons. The van der Waals surface area contributed by atoms with Crippen molar-refractivity contribution in [3.8, 4) is 0 Å². The Morgan fingerprint density at radius 2 is 1.90 bits per heavy atom. The minimum absolute atomic E-state index is 0.519. The summed E-state index contributed by atoms with van der Waals surface area (Å²) in [5, 5.41) is 6.71. The molecule has 112 valence electrons. The summed E-state index contributed by atoms with van der Waals surface area (Å²) in [5.41, 5.74) is 0. The summed E-state index contributed by atoms with van der Waals surface area (Å²) in [4.78, 5) is 11.5. The maximum Gasteiger partial charge on any atom is 0.132 e. The normalized spacial score (nSPS) is 16.2. The molecule has 0 aliphatic heterocycles. The third-order valence-corrected chi connectivity index (χ3v) is 3.84. The topological polar surface area (TPSA) is 53.1 Å². The van der Waals surface area contributed by atoms with E-state index < -0.39 is 0 Å². The average molecular weight is 277 g/mol. The first-order valence-electron chi connectivity index (χ1n) is 7.71. The summed E-state index contributed by atoms with van der Waals surface area (Å²) >= 11 is 0. The maximum absolute atomic E-state index is 4.55. The van der Waals surface area contributed by atoms with Crippen LogP contribution in [0.2, 0.25) is 0 Å². The number of anilines is 2. The van der Waals surface area contributed by atoms with Crippen LogP contribution in [0, 0.1) is 0 Å². The van der Waals surface area contributed by atoms with Gasteiger partial charge in [-0.25, -0.2) is 9.97 Å². The molecule has 20 heavy (non-hydrogen) atoms. The van der Waals surface area contributed by atoms with Gasteiger partial charge in [0.25, 0.3) is 0 Å². The Hall–Kier alpha value is -1.36. The van der Waals surface area contributed by atoms with Gasteiger partial charge in [-0.1, -0.05) is 6.92 Å². The van der Waals surface area contributed by atoms with Gasteiger partial charge in [-0.05, 0) is 33.7 Å². The Morgan fingerprint density at radius 1 is 1.25 bits per heavy atom. The molecule has 1 saturated carbocycles. The monoisotopic (exact) mass is 277 g/mol. The molecule has 5 heteroatoms. The van der Waals surface area contributed by atoms with Crippen LogP contribution in [0.4, 0.5) is 11.6 Å².